The number of hydrogen-bond donors (Lipinski definition) is 0. The zero-order chi connectivity index (χ0) is 21.5. The standard InChI is InChI=1S/C23H21FN4O3/c1-14-26-22-18(23(29)30-2)12-16(27-7-9-31-10-8-27)13-21(22)28(14)20-5-6-25-19-11-15(24)3-4-17(19)20/h3-6,11-13H,7-10H2,1-2H3. The van der Waals surface area contributed by atoms with Gasteiger partial charge in [-0.15, -0.1) is 0 Å². The number of pyridine rings is 1. The topological polar surface area (TPSA) is 69.5 Å². The van der Waals surface area contributed by atoms with Crippen LogP contribution in [0.5, 0.6) is 0 Å². The number of carbonyl (C=O) groups excluding carboxylic acids is 1. The molecular formula is C23H21FN4O3. The first-order valence-corrected chi connectivity index (χ1v) is 10.1. The first kappa shape index (κ1) is 19.4. The van der Waals surface area contributed by atoms with E-state index in [4.69, 9.17) is 14.5 Å². The number of methoxy groups -OCH3 is 1. The molecule has 0 unspecified atom stereocenters. The number of benzene rings is 2. The van der Waals surface area contributed by atoms with Gasteiger partial charge in [0.25, 0.3) is 0 Å². The van der Waals surface area contributed by atoms with Crippen molar-refractivity contribution in [3.8, 4) is 5.69 Å². The quantitative estimate of drug-likeness (QED) is 0.472. The Hall–Kier alpha value is -3.52. The Morgan fingerprint density at radius 3 is 2.74 bits per heavy atom. The first-order chi connectivity index (χ1) is 15.1. The second-order valence-corrected chi connectivity index (χ2v) is 7.44. The number of nitrogens with zero attached hydrogens (tertiary/aromatic N) is 4. The fourth-order valence-electron chi connectivity index (χ4n) is 4.15. The second kappa shape index (κ2) is 7.63. The summed E-state index contributed by atoms with van der Waals surface area (Å²) >= 11 is 0. The van der Waals surface area contributed by atoms with E-state index < -0.39 is 5.97 Å². The third-order valence-electron chi connectivity index (χ3n) is 5.62. The maximum Gasteiger partial charge on any atom is 0.340 e. The van der Waals surface area contributed by atoms with Crippen molar-refractivity contribution in [2.24, 2.45) is 0 Å². The van der Waals surface area contributed by atoms with Crippen LogP contribution >= 0.6 is 0 Å². The van der Waals surface area contributed by atoms with Crippen molar-refractivity contribution in [3.63, 3.8) is 0 Å². The molecule has 4 aromatic rings. The normalized spacial score (nSPS) is 14.4. The molecule has 0 radical (unpaired) electrons. The molecular weight excluding hydrogens is 399 g/mol. The number of aromatic nitrogens is 3. The van der Waals surface area contributed by atoms with E-state index in [1.807, 2.05) is 29.7 Å². The summed E-state index contributed by atoms with van der Waals surface area (Å²) in [6, 6.07) is 10.3. The third-order valence-corrected chi connectivity index (χ3v) is 5.62. The number of hydrogen-bond acceptors (Lipinski definition) is 6. The number of esters is 1. The van der Waals surface area contributed by atoms with Crippen molar-refractivity contribution >= 4 is 33.6 Å². The average molecular weight is 420 g/mol. The van der Waals surface area contributed by atoms with Gasteiger partial charge < -0.3 is 14.4 Å². The minimum atomic E-state index is -0.439. The van der Waals surface area contributed by atoms with Gasteiger partial charge in [0.2, 0.25) is 0 Å². The van der Waals surface area contributed by atoms with Crippen LogP contribution in [0.4, 0.5) is 10.1 Å². The van der Waals surface area contributed by atoms with Crippen molar-refractivity contribution in [1.29, 1.82) is 0 Å². The van der Waals surface area contributed by atoms with Crippen LogP contribution in [0.15, 0.2) is 42.6 Å². The van der Waals surface area contributed by atoms with Gasteiger partial charge in [0.1, 0.15) is 17.2 Å². The molecule has 31 heavy (non-hydrogen) atoms. The number of carbonyl (C=O) groups is 1. The van der Waals surface area contributed by atoms with Crippen LogP contribution in [-0.4, -0.2) is 53.9 Å². The highest BCUT2D eigenvalue weighted by molar-refractivity contribution is 6.05. The summed E-state index contributed by atoms with van der Waals surface area (Å²) in [7, 11) is 1.37. The lowest BCUT2D eigenvalue weighted by atomic mass is 10.1. The van der Waals surface area contributed by atoms with Crippen LogP contribution in [0.25, 0.3) is 27.6 Å². The number of morpholine rings is 1. The third kappa shape index (κ3) is 3.29. The number of anilines is 1. The predicted molar refractivity (Wildman–Crippen MR) is 115 cm³/mol. The Bertz CT molecular complexity index is 1310. The molecule has 2 aromatic heterocycles. The number of fused-ring (bicyclic) bond motifs is 2. The molecule has 3 heterocycles. The van der Waals surface area contributed by atoms with Gasteiger partial charge in [-0.05, 0) is 37.3 Å². The van der Waals surface area contributed by atoms with E-state index in [-0.39, 0.29) is 5.82 Å². The SMILES string of the molecule is COC(=O)c1cc(N2CCOCC2)cc2c1nc(C)n2-c1ccnc2cc(F)ccc12. The highest BCUT2D eigenvalue weighted by Gasteiger charge is 2.22. The number of aryl methyl sites for hydroxylation is 1. The molecule has 0 N–H and O–H groups in total. The summed E-state index contributed by atoms with van der Waals surface area (Å²) < 4.78 is 26.3. The van der Waals surface area contributed by atoms with Crippen LogP contribution in [0.3, 0.4) is 0 Å². The molecule has 1 fully saturated rings. The minimum Gasteiger partial charge on any atom is -0.465 e. The summed E-state index contributed by atoms with van der Waals surface area (Å²) in [4.78, 5) is 23.8. The molecule has 1 saturated heterocycles. The molecule has 8 heteroatoms. The van der Waals surface area contributed by atoms with Crippen LogP contribution in [-0.2, 0) is 9.47 Å². The lowest BCUT2D eigenvalue weighted by molar-refractivity contribution is 0.0603. The maximum absolute atomic E-state index is 13.8. The van der Waals surface area contributed by atoms with Gasteiger partial charge in [0.15, 0.2) is 0 Å². The monoisotopic (exact) mass is 420 g/mol. The maximum atomic E-state index is 13.8. The Morgan fingerprint density at radius 2 is 1.97 bits per heavy atom. The Labute approximate surface area is 178 Å². The van der Waals surface area contributed by atoms with E-state index in [1.165, 1.54) is 19.2 Å². The lowest BCUT2D eigenvalue weighted by Crippen LogP contribution is -2.36. The first-order valence-electron chi connectivity index (χ1n) is 10.1. The summed E-state index contributed by atoms with van der Waals surface area (Å²) in [5, 5.41) is 0.794. The second-order valence-electron chi connectivity index (χ2n) is 7.44. The molecule has 158 valence electrons. The van der Waals surface area contributed by atoms with Crippen molar-refractivity contribution in [1.82, 2.24) is 14.5 Å². The van der Waals surface area contributed by atoms with Crippen LogP contribution in [0, 0.1) is 12.7 Å². The van der Waals surface area contributed by atoms with E-state index in [0.29, 0.717) is 35.6 Å². The van der Waals surface area contributed by atoms with E-state index >= 15 is 0 Å². The number of ether oxygens (including phenoxy) is 2. The molecule has 0 spiro atoms. The Kier molecular flexibility index (Phi) is 4.78. The van der Waals surface area contributed by atoms with Gasteiger partial charge in [0.05, 0.1) is 42.6 Å². The number of rotatable bonds is 3. The van der Waals surface area contributed by atoms with Gasteiger partial charge in [-0.25, -0.2) is 14.2 Å². The average Bonchev–Trinajstić information content (AvgIpc) is 3.13. The largest absolute Gasteiger partial charge is 0.465 e. The van der Waals surface area contributed by atoms with Crippen molar-refractivity contribution in [2.45, 2.75) is 6.92 Å². The molecule has 7 nitrogen and oxygen atoms in total. The van der Waals surface area contributed by atoms with Crippen LogP contribution < -0.4 is 4.90 Å². The Balaban J connectivity index is 1.80. The summed E-state index contributed by atoms with van der Waals surface area (Å²) in [6.45, 7) is 4.60. The molecule has 1 aliphatic heterocycles. The van der Waals surface area contributed by atoms with Crippen molar-refractivity contribution in [2.75, 3.05) is 38.3 Å². The van der Waals surface area contributed by atoms with E-state index in [1.54, 1.807) is 12.3 Å². The van der Waals surface area contributed by atoms with Crippen molar-refractivity contribution < 1.29 is 18.7 Å². The molecule has 5 rings (SSSR count). The zero-order valence-corrected chi connectivity index (χ0v) is 17.3. The van der Waals surface area contributed by atoms with Crippen LogP contribution in [0.1, 0.15) is 16.2 Å². The molecule has 0 aliphatic carbocycles. The minimum absolute atomic E-state index is 0.341. The lowest BCUT2D eigenvalue weighted by Gasteiger charge is -2.29. The molecule has 0 atom stereocenters. The fourth-order valence-corrected chi connectivity index (χ4v) is 4.15. The molecule has 0 bridgehead atoms. The van der Waals surface area contributed by atoms with Gasteiger partial charge in [0, 0.05) is 36.4 Å². The highest BCUT2D eigenvalue weighted by Crippen LogP contribution is 2.32. The molecule has 0 amide bonds. The number of imidazole rings is 1. The summed E-state index contributed by atoms with van der Waals surface area (Å²) in [5.41, 5.74) is 4.03. The van der Waals surface area contributed by atoms with Crippen LogP contribution in [0.2, 0.25) is 0 Å². The zero-order valence-electron chi connectivity index (χ0n) is 17.3. The van der Waals surface area contributed by atoms with E-state index in [9.17, 15) is 9.18 Å². The summed E-state index contributed by atoms with van der Waals surface area (Å²) in [5.74, 6) is -0.0746. The van der Waals surface area contributed by atoms with Gasteiger partial charge in [-0.2, -0.15) is 0 Å². The van der Waals surface area contributed by atoms with Gasteiger partial charge in [-0.3, -0.25) is 9.55 Å². The summed E-state index contributed by atoms with van der Waals surface area (Å²) in [6.07, 6.45) is 1.65. The smallest absolute Gasteiger partial charge is 0.340 e. The van der Waals surface area contributed by atoms with E-state index in [2.05, 4.69) is 9.88 Å². The Morgan fingerprint density at radius 1 is 1.16 bits per heavy atom. The molecule has 0 saturated carbocycles. The van der Waals surface area contributed by atoms with Crippen molar-refractivity contribution in [3.05, 3.63) is 59.8 Å². The molecule has 2 aromatic carbocycles. The van der Waals surface area contributed by atoms with E-state index in [0.717, 1.165) is 35.4 Å². The van der Waals surface area contributed by atoms with Gasteiger partial charge in [-0.1, -0.05) is 0 Å². The number of halogens is 1. The van der Waals surface area contributed by atoms with Gasteiger partial charge >= 0.3 is 5.97 Å². The highest BCUT2D eigenvalue weighted by atomic mass is 19.1. The predicted octanol–water partition coefficient (Wildman–Crippen LogP) is 3.64. The molecule has 1 aliphatic rings. The fraction of sp³-hybridized carbons (Fsp3) is 0.261.